The van der Waals surface area contributed by atoms with E-state index in [2.05, 4.69) is 0 Å². The van der Waals surface area contributed by atoms with Gasteiger partial charge in [0.25, 0.3) is 0 Å². The van der Waals surface area contributed by atoms with E-state index in [1.807, 2.05) is 26.0 Å². The van der Waals surface area contributed by atoms with Crippen molar-refractivity contribution in [3.63, 3.8) is 0 Å². The van der Waals surface area contributed by atoms with Crippen LogP contribution in [0.15, 0.2) is 47.4 Å². The summed E-state index contributed by atoms with van der Waals surface area (Å²) in [5.74, 6) is 0.376. The summed E-state index contributed by atoms with van der Waals surface area (Å²) >= 11 is 0. The minimum atomic E-state index is -3.59. The Balaban J connectivity index is 1.82. The van der Waals surface area contributed by atoms with Crippen LogP contribution >= 0.6 is 0 Å². The van der Waals surface area contributed by atoms with Crippen molar-refractivity contribution in [2.45, 2.75) is 31.6 Å². The monoisotopic (exact) mass is 387 g/mol. The summed E-state index contributed by atoms with van der Waals surface area (Å²) in [5.41, 5.74) is 2.38. The molecule has 0 aromatic heterocycles. The number of carbonyl (C=O) groups excluding carboxylic acids is 1. The number of Topliss-reactive ketones (excluding diaryl/α,β-unsaturated/α-hetero) is 1. The van der Waals surface area contributed by atoms with Crippen molar-refractivity contribution < 1.29 is 17.9 Å². The number of carbonyl (C=O) groups is 1. The summed E-state index contributed by atoms with van der Waals surface area (Å²) in [6.45, 7) is 4.41. The number of ketones is 1. The van der Waals surface area contributed by atoms with Gasteiger partial charge in [-0.15, -0.1) is 0 Å². The Morgan fingerprint density at radius 1 is 1.15 bits per heavy atom. The summed E-state index contributed by atoms with van der Waals surface area (Å²) in [6, 6.07) is 12.3. The molecule has 1 saturated heterocycles. The Kier molecular flexibility index (Phi) is 5.67. The fourth-order valence-corrected chi connectivity index (χ4v) is 5.19. The SMILES string of the molecule is COc1ccc(C(=O)[C@H]2CCCN(S(=O)(=O)c3cccc(C)c3)C2)c(C)c1. The fourth-order valence-electron chi connectivity index (χ4n) is 3.56. The highest BCUT2D eigenvalue weighted by atomic mass is 32.2. The van der Waals surface area contributed by atoms with Gasteiger partial charge in [0.05, 0.1) is 12.0 Å². The third-order valence-corrected chi connectivity index (χ3v) is 6.94. The lowest BCUT2D eigenvalue weighted by atomic mass is 9.89. The second kappa shape index (κ2) is 7.82. The maximum absolute atomic E-state index is 13.0. The largest absolute Gasteiger partial charge is 0.497 e. The van der Waals surface area contributed by atoms with Crippen molar-refractivity contribution in [3.8, 4) is 5.75 Å². The molecule has 0 radical (unpaired) electrons. The summed E-state index contributed by atoms with van der Waals surface area (Å²) in [7, 11) is -2.00. The van der Waals surface area contributed by atoms with Gasteiger partial charge in [0.2, 0.25) is 10.0 Å². The van der Waals surface area contributed by atoms with Crippen LogP contribution in [0, 0.1) is 19.8 Å². The molecule has 2 aromatic carbocycles. The molecule has 0 saturated carbocycles. The molecule has 3 rings (SSSR count). The second-order valence-electron chi connectivity index (χ2n) is 7.06. The quantitative estimate of drug-likeness (QED) is 0.736. The maximum atomic E-state index is 13.0. The average Bonchev–Trinajstić information content (AvgIpc) is 2.67. The number of hydrogen-bond acceptors (Lipinski definition) is 4. The third kappa shape index (κ3) is 4.06. The third-order valence-electron chi connectivity index (χ3n) is 5.08. The molecule has 1 fully saturated rings. The standard InChI is InChI=1S/C21H25NO4S/c1-15-6-4-8-19(12-15)27(24,25)22-11-5-7-17(14-22)21(23)20-10-9-18(26-3)13-16(20)2/h4,6,8-10,12-13,17H,5,7,11,14H2,1-3H3/t17-/m0/s1. The Labute approximate surface area is 161 Å². The van der Waals surface area contributed by atoms with E-state index < -0.39 is 10.0 Å². The van der Waals surface area contributed by atoms with E-state index in [1.165, 1.54) is 4.31 Å². The normalized spacial score (nSPS) is 18.3. The number of piperidine rings is 1. The Morgan fingerprint density at radius 2 is 1.93 bits per heavy atom. The van der Waals surface area contributed by atoms with E-state index in [0.29, 0.717) is 30.7 Å². The first-order valence-corrected chi connectivity index (χ1v) is 10.5. The topological polar surface area (TPSA) is 63.7 Å². The minimum Gasteiger partial charge on any atom is -0.497 e. The van der Waals surface area contributed by atoms with Crippen molar-refractivity contribution in [1.82, 2.24) is 4.31 Å². The molecule has 0 amide bonds. The molecular formula is C21H25NO4S. The molecule has 1 aliphatic rings. The van der Waals surface area contributed by atoms with Crippen molar-refractivity contribution in [2.24, 2.45) is 5.92 Å². The fraction of sp³-hybridized carbons (Fsp3) is 0.381. The van der Waals surface area contributed by atoms with Crippen LogP contribution in [0.4, 0.5) is 0 Å². The molecule has 0 unspecified atom stereocenters. The predicted molar refractivity (Wildman–Crippen MR) is 105 cm³/mol. The van der Waals surface area contributed by atoms with Crippen LogP contribution in [0.25, 0.3) is 0 Å². The summed E-state index contributed by atoms with van der Waals surface area (Å²) < 4.78 is 32.6. The van der Waals surface area contributed by atoms with E-state index in [1.54, 1.807) is 37.4 Å². The van der Waals surface area contributed by atoms with Gasteiger partial charge in [-0.25, -0.2) is 8.42 Å². The number of aryl methyl sites for hydroxylation is 2. The zero-order valence-electron chi connectivity index (χ0n) is 15.9. The number of methoxy groups -OCH3 is 1. The van der Waals surface area contributed by atoms with Gasteiger partial charge >= 0.3 is 0 Å². The van der Waals surface area contributed by atoms with Crippen LogP contribution in [-0.4, -0.2) is 38.7 Å². The smallest absolute Gasteiger partial charge is 0.243 e. The van der Waals surface area contributed by atoms with Gasteiger partial charge < -0.3 is 4.74 Å². The van der Waals surface area contributed by atoms with Crippen molar-refractivity contribution >= 4 is 15.8 Å². The van der Waals surface area contributed by atoms with Crippen LogP contribution in [-0.2, 0) is 10.0 Å². The van der Waals surface area contributed by atoms with Crippen molar-refractivity contribution in [2.75, 3.05) is 20.2 Å². The molecule has 0 aliphatic carbocycles. The van der Waals surface area contributed by atoms with Crippen LogP contribution in [0.2, 0.25) is 0 Å². The van der Waals surface area contributed by atoms with Gasteiger partial charge in [-0.3, -0.25) is 4.79 Å². The van der Waals surface area contributed by atoms with Gasteiger partial charge in [0.1, 0.15) is 5.75 Å². The number of hydrogen-bond donors (Lipinski definition) is 0. The van der Waals surface area contributed by atoms with Gasteiger partial charge in [-0.05, 0) is 68.1 Å². The highest BCUT2D eigenvalue weighted by molar-refractivity contribution is 7.89. The zero-order valence-corrected chi connectivity index (χ0v) is 16.8. The summed E-state index contributed by atoms with van der Waals surface area (Å²) in [5, 5.41) is 0. The first-order chi connectivity index (χ1) is 12.8. The predicted octanol–water partition coefficient (Wildman–Crippen LogP) is 3.60. The van der Waals surface area contributed by atoms with E-state index in [9.17, 15) is 13.2 Å². The minimum absolute atomic E-state index is 0.000653. The Morgan fingerprint density at radius 3 is 2.59 bits per heavy atom. The number of nitrogens with zero attached hydrogens (tertiary/aromatic N) is 1. The molecule has 1 heterocycles. The Bertz CT molecular complexity index is 952. The first kappa shape index (κ1) is 19.6. The average molecular weight is 388 g/mol. The van der Waals surface area contributed by atoms with Crippen LogP contribution < -0.4 is 4.74 Å². The maximum Gasteiger partial charge on any atom is 0.243 e. The summed E-state index contributed by atoms with van der Waals surface area (Å²) in [6.07, 6.45) is 1.38. The number of benzene rings is 2. The molecule has 6 heteroatoms. The van der Waals surface area contributed by atoms with Gasteiger partial charge in [0, 0.05) is 24.6 Å². The second-order valence-corrected chi connectivity index (χ2v) is 9.00. The highest BCUT2D eigenvalue weighted by Crippen LogP contribution is 2.28. The number of rotatable bonds is 5. The van der Waals surface area contributed by atoms with Crippen LogP contribution in [0.1, 0.15) is 34.3 Å². The molecule has 5 nitrogen and oxygen atoms in total. The van der Waals surface area contributed by atoms with E-state index >= 15 is 0 Å². The van der Waals surface area contributed by atoms with Gasteiger partial charge in [-0.2, -0.15) is 4.31 Å². The molecule has 2 aromatic rings. The number of sulfonamides is 1. The van der Waals surface area contributed by atoms with Crippen molar-refractivity contribution in [1.29, 1.82) is 0 Å². The van der Waals surface area contributed by atoms with Gasteiger partial charge in [0.15, 0.2) is 5.78 Å². The first-order valence-electron chi connectivity index (χ1n) is 9.08. The molecule has 27 heavy (non-hydrogen) atoms. The molecule has 144 valence electrons. The summed E-state index contributed by atoms with van der Waals surface area (Å²) in [4.78, 5) is 13.3. The van der Waals surface area contributed by atoms with Crippen molar-refractivity contribution in [3.05, 3.63) is 59.2 Å². The Hall–Kier alpha value is -2.18. The molecule has 1 atom stereocenters. The van der Waals surface area contributed by atoms with Gasteiger partial charge in [-0.1, -0.05) is 12.1 Å². The van der Waals surface area contributed by atoms with E-state index in [-0.39, 0.29) is 23.1 Å². The molecule has 0 bridgehead atoms. The lowest BCUT2D eigenvalue weighted by Crippen LogP contribution is -2.42. The van der Waals surface area contributed by atoms with Crippen LogP contribution in [0.5, 0.6) is 5.75 Å². The lowest BCUT2D eigenvalue weighted by Gasteiger charge is -2.31. The zero-order chi connectivity index (χ0) is 19.6. The molecule has 0 spiro atoms. The van der Waals surface area contributed by atoms with Crippen LogP contribution in [0.3, 0.4) is 0 Å². The van der Waals surface area contributed by atoms with E-state index in [4.69, 9.17) is 4.74 Å². The van der Waals surface area contributed by atoms with E-state index in [0.717, 1.165) is 11.1 Å². The molecule has 0 N–H and O–H groups in total. The molecule has 1 aliphatic heterocycles. The number of ether oxygens (including phenoxy) is 1. The lowest BCUT2D eigenvalue weighted by molar-refractivity contribution is 0.0871. The highest BCUT2D eigenvalue weighted by Gasteiger charge is 2.34. The molecular weight excluding hydrogens is 362 g/mol.